The van der Waals surface area contributed by atoms with E-state index in [-0.39, 0.29) is 5.91 Å². The zero-order valence-corrected chi connectivity index (χ0v) is 11.2. The number of hydrogen-bond donors (Lipinski definition) is 2. The van der Waals surface area contributed by atoms with Crippen LogP contribution in [0.4, 0.5) is 5.69 Å². The summed E-state index contributed by atoms with van der Waals surface area (Å²) in [6, 6.07) is 6.06. The summed E-state index contributed by atoms with van der Waals surface area (Å²) in [4.78, 5) is 13.9. The smallest absolute Gasteiger partial charge is 0.221 e. The molecule has 1 amide bonds. The van der Waals surface area contributed by atoms with Gasteiger partial charge in [0.05, 0.1) is 0 Å². The molecule has 18 heavy (non-hydrogen) atoms. The molecule has 1 fully saturated rings. The average molecular weight is 263 g/mol. The Kier molecular flexibility index (Phi) is 3.81. The molecule has 0 atom stereocenters. The summed E-state index contributed by atoms with van der Waals surface area (Å²) in [5, 5.41) is 2.86. The van der Waals surface area contributed by atoms with Gasteiger partial charge in [0.2, 0.25) is 5.91 Å². The van der Waals surface area contributed by atoms with E-state index in [9.17, 15) is 4.79 Å². The fourth-order valence-corrected chi connectivity index (χ4v) is 2.29. The van der Waals surface area contributed by atoms with Crippen molar-refractivity contribution in [3.63, 3.8) is 0 Å². The number of nitrogens with one attached hydrogen (secondary N) is 1. The molecular weight excluding hydrogens is 246 g/mol. The second-order valence-corrected chi connectivity index (χ2v) is 4.91. The maximum absolute atomic E-state index is 11.3. The van der Waals surface area contributed by atoms with Crippen LogP contribution in [0.25, 0.3) is 0 Å². The van der Waals surface area contributed by atoms with Crippen LogP contribution in [0.3, 0.4) is 0 Å². The number of rotatable bonds is 2. The lowest BCUT2D eigenvalue weighted by Crippen LogP contribution is -2.30. The topological polar surface area (TPSA) is 58.4 Å². The number of carbonyl (C=O) groups excluding carboxylic acids is 1. The summed E-state index contributed by atoms with van der Waals surface area (Å²) in [6.45, 7) is 4.15. The number of thiocarbonyl (C=S) groups is 1. The summed E-state index contributed by atoms with van der Waals surface area (Å²) in [7, 11) is 0. The van der Waals surface area contributed by atoms with Crippen LogP contribution in [-0.4, -0.2) is 30.5 Å². The fourth-order valence-electron chi connectivity index (χ4n) is 2.13. The van der Waals surface area contributed by atoms with Gasteiger partial charge < -0.3 is 16.0 Å². The highest BCUT2D eigenvalue weighted by Gasteiger charge is 2.17. The quantitative estimate of drug-likeness (QED) is 0.780. The standard InChI is InChI=1S/C13H17N3OS/c1-9-2-3-11(10(8-9)13(14)18)16-6-4-12(17)15-5-7-16/h2-3,8H,4-7H2,1H3,(H2,14,18)(H,15,17). The fraction of sp³-hybridized carbons (Fsp3) is 0.385. The Morgan fingerprint density at radius 1 is 1.44 bits per heavy atom. The van der Waals surface area contributed by atoms with Crippen molar-refractivity contribution >= 4 is 28.8 Å². The Balaban J connectivity index is 2.31. The van der Waals surface area contributed by atoms with Crippen molar-refractivity contribution in [3.8, 4) is 0 Å². The van der Waals surface area contributed by atoms with E-state index in [0.29, 0.717) is 24.5 Å². The van der Waals surface area contributed by atoms with Gasteiger partial charge in [-0.2, -0.15) is 0 Å². The molecule has 3 N–H and O–H groups in total. The summed E-state index contributed by atoms with van der Waals surface area (Å²) in [5.74, 6) is 0.0986. The minimum Gasteiger partial charge on any atom is -0.389 e. The molecule has 5 heteroatoms. The van der Waals surface area contributed by atoms with Crippen molar-refractivity contribution in [2.24, 2.45) is 5.73 Å². The van der Waals surface area contributed by atoms with Crippen molar-refractivity contribution in [2.45, 2.75) is 13.3 Å². The molecule has 1 heterocycles. The third-order valence-electron chi connectivity index (χ3n) is 3.07. The molecule has 4 nitrogen and oxygen atoms in total. The zero-order chi connectivity index (χ0) is 13.1. The van der Waals surface area contributed by atoms with Crippen LogP contribution in [0.15, 0.2) is 18.2 Å². The van der Waals surface area contributed by atoms with E-state index >= 15 is 0 Å². The number of anilines is 1. The first-order chi connectivity index (χ1) is 8.58. The van der Waals surface area contributed by atoms with Crippen molar-refractivity contribution in [2.75, 3.05) is 24.5 Å². The Hall–Kier alpha value is -1.62. The van der Waals surface area contributed by atoms with Crippen molar-refractivity contribution in [3.05, 3.63) is 29.3 Å². The van der Waals surface area contributed by atoms with Crippen LogP contribution in [0.5, 0.6) is 0 Å². The lowest BCUT2D eigenvalue weighted by molar-refractivity contribution is -0.120. The van der Waals surface area contributed by atoms with E-state index < -0.39 is 0 Å². The van der Waals surface area contributed by atoms with Gasteiger partial charge in [-0.05, 0) is 19.1 Å². The summed E-state index contributed by atoms with van der Waals surface area (Å²) in [5.41, 5.74) is 8.82. The van der Waals surface area contributed by atoms with Gasteiger partial charge in [-0.25, -0.2) is 0 Å². The molecule has 1 aliphatic heterocycles. The third-order valence-corrected chi connectivity index (χ3v) is 3.29. The number of benzene rings is 1. The summed E-state index contributed by atoms with van der Waals surface area (Å²) < 4.78 is 0. The summed E-state index contributed by atoms with van der Waals surface area (Å²) in [6.07, 6.45) is 0.505. The van der Waals surface area contributed by atoms with Gasteiger partial charge in [0.1, 0.15) is 4.99 Å². The number of carbonyl (C=O) groups is 1. The third kappa shape index (κ3) is 2.79. The molecule has 0 unspecified atom stereocenters. The van der Waals surface area contributed by atoms with Crippen LogP contribution >= 0.6 is 12.2 Å². The number of nitrogens with zero attached hydrogens (tertiary/aromatic N) is 1. The maximum Gasteiger partial charge on any atom is 0.221 e. The van der Waals surface area contributed by atoms with Crippen LogP contribution in [0.2, 0.25) is 0 Å². The van der Waals surface area contributed by atoms with Gasteiger partial charge in [-0.1, -0.05) is 23.8 Å². The first-order valence-electron chi connectivity index (χ1n) is 6.00. The van der Waals surface area contributed by atoms with Crippen LogP contribution in [-0.2, 0) is 4.79 Å². The normalized spacial score (nSPS) is 16.1. The molecule has 1 aliphatic rings. The average Bonchev–Trinajstić information content (AvgIpc) is 2.54. The predicted molar refractivity (Wildman–Crippen MR) is 76.9 cm³/mol. The second-order valence-electron chi connectivity index (χ2n) is 4.47. The van der Waals surface area contributed by atoms with Gasteiger partial charge in [0, 0.05) is 37.3 Å². The van der Waals surface area contributed by atoms with Gasteiger partial charge in [0.25, 0.3) is 0 Å². The number of hydrogen-bond acceptors (Lipinski definition) is 3. The van der Waals surface area contributed by atoms with Crippen molar-refractivity contribution in [1.82, 2.24) is 5.32 Å². The molecule has 0 aliphatic carbocycles. The first-order valence-corrected chi connectivity index (χ1v) is 6.41. The van der Waals surface area contributed by atoms with E-state index in [1.807, 2.05) is 25.1 Å². The Labute approximate surface area is 112 Å². The van der Waals surface area contributed by atoms with E-state index in [1.54, 1.807) is 0 Å². The molecule has 0 bridgehead atoms. The number of amides is 1. The van der Waals surface area contributed by atoms with Gasteiger partial charge in [0.15, 0.2) is 0 Å². The molecule has 0 saturated carbocycles. The van der Waals surface area contributed by atoms with Crippen molar-refractivity contribution in [1.29, 1.82) is 0 Å². The lowest BCUT2D eigenvalue weighted by atomic mass is 10.1. The monoisotopic (exact) mass is 263 g/mol. The SMILES string of the molecule is Cc1ccc(N2CCNC(=O)CC2)c(C(N)=S)c1. The molecule has 0 spiro atoms. The van der Waals surface area contributed by atoms with Gasteiger partial charge >= 0.3 is 0 Å². The minimum atomic E-state index is 0.0986. The van der Waals surface area contributed by atoms with Crippen LogP contribution in [0.1, 0.15) is 17.5 Å². The maximum atomic E-state index is 11.3. The number of nitrogens with two attached hydrogens (primary N) is 1. The van der Waals surface area contributed by atoms with Crippen LogP contribution < -0.4 is 16.0 Å². The molecule has 1 aromatic carbocycles. The van der Waals surface area contributed by atoms with Crippen molar-refractivity contribution < 1.29 is 4.79 Å². The highest BCUT2D eigenvalue weighted by molar-refractivity contribution is 7.80. The molecule has 1 aromatic rings. The van der Waals surface area contributed by atoms with Crippen LogP contribution in [0, 0.1) is 6.92 Å². The van der Waals surface area contributed by atoms with E-state index in [2.05, 4.69) is 10.2 Å². The molecule has 2 rings (SSSR count). The zero-order valence-electron chi connectivity index (χ0n) is 10.4. The highest BCUT2D eigenvalue weighted by atomic mass is 32.1. The summed E-state index contributed by atoms with van der Waals surface area (Å²) >= 11 is 5.10. The molecule has 96 valence electrons. The molecule has 1 saturated heterocycles. The minimum absolute atomic E-state index is 0.0986. The molecule has 0 radical (unpaired) electrons. The predicted octanol–water partition coefficient (Wildman–Crippen LogP) is 0.956. The van der Waals surface area contributed by atoms with E-state index in [0.717, 1.165) is 23.4 Å². The number of aryl methyl sites for hydroxylation is 1. The largest absolute Gasteiger partial charge is 0.389 e. The second kappa shape index (κ2) is 5.35. The first kappa shape index (κ1) is 12.8. The highest BCUT2D eigenvalue weighted by Crippen LogP contribution is 2.22. The van der Waals surface area contributed by atoms with E-state index in [4.69, 9.17) is 18.0 Å². The Bertz CT molecular complexity index is 487. The Morgan fingerprint density at radius 3 is 2.94 bits per heavy atom. The van der Waals surface area contributed by atoms with E-state index in [1.165, 1.54) is 0 Å². The molecule has 0 aromatic heterocycles. The van der Waals surface area contributed by atoms with Gasteiger partial charge in [-0.15, -0.1) is 0 Å². The molecular formula is C13H17N3OS. The Morgan fingerprint density at radius 2 is 2.22 bits per heavy atom. The van der Waals surface area contributed by atoms with Gasteiger partial charge in [-0.3, -0.25) is 4.79 Å². The lowest BCUT2D eigenvalue weighted by Gasteiger charge is -2.24.